The molecular formula is C9H9F2NO4. The number of rotatable bonds is 3. The second-order valence-electron chi connectivity index (χ2n) is 2.96. The fraction of sp³-hybridized carbons (Fsp3) is 0.222. The third-order valence-electron chi connectivity index (χ3n) is 2.00. The zero-order valence-electron chi connectivity index (χ0n) is 8.20. The van der Waals surface area contributed by atoms with Crippen molar-refractivity contribution in [2.45, 2.75) is 6.04 Å². The van der Waals surface area contributed by atoms with Crippen LogP contribution in [0, 0.1) is 11.6 Å². The van der Waals surface area contributed by atoms with Crippen molar-refractivity contribution in [2.24, 2.45) is 5.73 Å². The maximum Gasteiger partial charge on any atom is 0.325 e. The molecule has 0 aliphatic carbocycles. The van der Waals surface area contributed by atoms with Gasteiger partial charge in [-0.05, 0) is 6.07 Å². The molecule has 0 saturated heterocycles. The molecule has 4 N–H and O–H groups in total. The van der Waals surface area contributed by atoms with Gasteiger partial charge in [-0.15, -0.1) is 0 Å². The third-order valence-corrected chi connectivity index (χ3v) is 2.00. The molecular weight excluding hydrogens is 224 g/mol. The lowest BCUT2D eigenvalue weighted by Gasteiger charge is -2.12. The quantitative estimate of drug-likeness (QED) is 0.716. The minimum atomic E-state index is -1.66. The van der Waals surface area contributed by atoms with Gasteiger partial charge in [0.1, 0.15) is 6.04 Å². The third kappa shape index (κ3) is 1.89. The van der Waals surface area contributed by atoms with E-state index in [2.05, 4.69) is 4.74 Å². The maximum absolute atomic E-state index is 13.1. The molecule has 0 radical (unpaired) electrons. The van der Waals surface area contributed by atoms with Gasteiger partial charge in [0.05, 0.1) is 7.11 Å². The van der Waals surface area contributed by atoms with Crippen LogP contribution in [0.25, 0.3) is 0 Å². The highest BCUT2D eigenvalue weighted by Gasteiger charge is 2.25. The van der Waals surface area contributed by atoms with Crippen molar-refractivity contribution in [3.8, 4) is 11.5 Å². The Morgan fingerprint density at radius 1 is 1.50 bits per heavy atom. The molecule has 1 aromatic carbocycles. The number of methoxy groups -OCH3 is 1. The molecule has 5 nitrogen and oxygen atoms in total. The summed E-state index contributed by atoms with van der Waals surface area (Å²) in [5, 5.41) is 17.8. The van der Waals surface area contributed by atoms with E-state index in [0.29, 0.717) is 0 Å². The van der Waals surface area contributed by atoms with Crippen LogP contribution >= 0.6 is 0 Å². The van der Waals surface area contributed by atoms with Gasteiger partial charge in [0.15, 0.2) is 11.5 Å². The second kappa shape index (κ2) is 4.31. The van der Waals surface area contributed by atoms with Crippen molar-refractivity contribution < 1.29 is 28.5 Å². The number of aliphatic carboxylic acids is 1. The molecule has 0 bridgehead atoms. The Balaban J connectivity index is 3.41. The summed E-state index contributed by atoms with van der Waals surface area (Å²) in [6.07, 6.45) is 0. The summed E-state index contributed by atoms with van der Waals surface area (Å²) in [6.45, 7) is 0. The van der Waals surface area contributed by atoms with Crippen LogP contribution in [0.2, 0.25) is 0 Å². The number of carboxylic acids is 1. The molecule has 88 valence electrons. The zero-order chi connectivity index (χ0) is 12.5. The van der Waals surface area contributed by atoms with E-state index in [-0.39, 0.29) is 0 Å². The number of benzene rings is 1. The number of nitrogens with two attached hydrogens (primary N) is 1. The van der Waals surface area contributed by atoms with Crippen molar-refractivity contribution in [1.82, 2.24) is 0 Å². The lowest BCUT2D eigenvalue weighted by Crippen LogP contribution is -2.21. The van der Waals surface area contributed by atoms with Gasteiger partial charge in [-0.25, -0.2) is 0 Å². The van der Waals surface area contributed by atoms with Gasteiger partial charge in [0, 0.05) is 5.56 Å². The SMILES string of the molecule is COc1cc([C@H](N)C(=O)O)c(O)c(F)c1F. The van der Waals surface area contributed by atoms with Crippen LogP contribution in [0.1, 0.15) is 11.6 Å². The average molecular weight is 233 g/mol. The summed E-state index contributed by atoms with van der Waals surface area (Å²) in [5.74, 6) is -6.13. The van der Waals surface area contributed by atoms with Crippen LogP contribution < -0.4 is 10.5 Å². The summed E-state index contributed by atoms with van der Waals surface area (Å²) in [7, 11) is 1.07. The molecule has 1 aromatic rings. The maximum atomic E-state index is 13.1. The van der Waals surface area contributed by atoms with Gasteiger partial charge in [0.2, 0.25) is 11.6 Å². The first kappa shape index (κ1) is 12.2. The van der Waals surface area contributed by atoms with Crippen molar-refractivity contribution >= 4 is 5.97 Å². The highest BCUT2D eigenvalue weighted by atomic mass is 19.2. The molecule has 0 aromatic heterocycles. The van der Waals surface area contributed by atoms with Crippen LogP contribution in [0.4, 0.5) is 8.78 Å². The minimum absolute atomic E-state index is 0.455. The molecule has 0 amide bonds. The van der Waals surface area contributed by atoms with E-state index in [1.54, 1.807) is 0 Å². The Bertz CT molecular complexity index is 436. The normalized spacial score (nSPS) is 12.2. The largest absolute Gasteiger partial charge is 0.504 e. The molecule has 0 saturated carbocycles. The first-order chi connectivity index (χ1) is 7.40. The number of phenolic OH excluding ortho intramolecular Hbond substituents is 1. The lowest BCUT2D eigenvalue weighted by atomic mass is 10.1. The second-order valence-corrected chi connectivity index (χ2v) is 2.96. The Labute approximate surface area is 89.1 Å². The van der Waals surface area contributed by atoms with Gasteiger partial charge in [-0.1, -0.05) is 0 Å². The summed E-state index contributed by atoms with van der Waals surface area (Å²) >= 11 is 0. The highest BCUT2D eigenvalue weighted by molar-refractivity contribution is 5.76. The van der Waals surface area contributed by atoms with E-state index in [9.17, 15) is 18.7 Å². The smallest absolute Gasteiger partial charge is 0.325 e. The predicted molar refractivity (Wildman–Crippen MR) is 49.1 cm³/mol. The van der Waals surface area contributed by atoms with Crippen LogP contribution in [-0.4, -0.2) is 23.3 Å². The minimum Gasteiger partial charge on any atom is -0.504 e. The monoisotopic (exact) mass is 233 g/mol. The summed E-state index contributed by atoms with van der Waals surface area (Å²) in [6, 6.07) is -0.823. The van der Waals surface area contributed by atoms with Crippen molar-refractivity contribution in [1.29, 1.82) is 0 Å². The molecule has 0 aliphatic rings. The first-order valence-corrected chi connectivity index (χ1v) is 4.13. The number of hydrogen-bond donors (Lipinski definition) is 3. The number of carboxylic acid groups (broad SMARTS) is 1. The summed E-state index contributed by atoms with van der Waals surface area (Å²) in [4.78, 5) is 10.6. The van der Waals surface area contributed by atoms with Crippen LogP contribution in [0.5, 0.6) is 11.5 Å². The predicted octanol–water partition coefficient (Wildman–Crippen LogP) is 0.763. The molecule has 0 aliphatic heterocycles. The zero-order valence-corrected chi connectivity index (χ0v) is 8.20. The molecule has 16 heavy (non-hydrogen) atoms. The van der Waals surface area contributed by atoms with Crippen molar-refractivity contribution in [2.75, 3.05) is 7.11 Å². The van der Waals surface area contributed by atoms with Crippen LogP contribution in [0.3, 0.4) is 0 Å². The molecule has 0 unspecified atom stereocenters. The Morgan fingerprint density at radius 2 is 2.06 bits per heavy atom. The highest BCUT2D eigenvalue weighted by Crippen LogP contribution is 2.33. The Morgan fingerprint density at radius 3 is 2.50 bits per heavy atom. The summed E-state index contributed by atoms with van der Waals surface area (Å²) in [5.41, 5.74) is 4.72. The van der Waals surface area contributed by atoms with E-state index in [1.807, 2.05) is 0 Å². The molecule has 0 heterocycles. The lowest BCUT2D eigenvalue weighted by molar-refractivity contribution is -0.138. The fourth-order valence-corrected chi connectivity index (χ4v) is 1.13. The number of phenols is 1. The fourth-order valence-electron chi connectivity index (χ4n) is 1.13. The first-order valence-electron chi connectivity index (χ1n) is 4.13. The molecule has 1 rings (SSSR count). The van der Waals surface area contributed by atoms with E-state index < -0.39 is 40.7 Å². The van der Waals surface area contributed by atoms with Gasteiger partial charge in [0.25, 0.3) is 0 Å². The average Bonchev–Trinajstić information content (AvgIpc) is 2.25. The van der Waals surface area contributed by atoms with Crippen LogP contribution in [-0.2, 0) is 4.79 Å². The topological polar surface area (TPSA) is 92.8 Å². The Hall–Kier alpha value is -1.89. The standard InChI is InChI=1S/C9H9F2NO4/c1-16-4-2-3(7(12)9(14)15)8(13)6(11)5(4)10/h2,7,13H,12H2,1H3,(H,14,15)/t7-/m0/s1. The number of aromatic hydroxyl groups is 1. The van der Waals surface area contributed by atoms with E-state index in [4.69, 9.17) is 10.8 Å². The molecule has 0 fully saturated rings. The van der Waals surface area contributed by atoms with Gasteiger partial charge in [-0.3, -0.25) is 4.79 Å². The molecule has 0 spiro atoms. The number of hydrogen-bond acceptors (Lipinski definition) is 4. The van der Waals surface area contributed by atoms with Crippen molar-refractivity contribution in [3.63, 3.8) is 0 Å². The van der Waals surface area contributed by atoms with Crippen LogP contribution in [0.15, 0.2) is 6.07 Å². The van der Waals surface area contributed by atoms with E-state index in [1.165, 1.54) is 0 Å². The van der Waals surface area contributed by atoms with E-state index >= 15 is 0 Å². The molecule has 1 atom stereocenters. The van der Waals surface area contributed by atoms with Crippen molar-refractivity contribution in [3.05, 3.63) is 23.3 Å². The van der Waals surface area contributed by atoms with E-state index in [0.717, 1.165) is 13.2 Å². The number of halogens is 2. The molecule has 7 heteroatoms. The van der Waals surface area contributed by atoms with Gasteiger partial charge >= 0.3 is 5.97 Å². The number of carbonyl (C=O) groups is 1. The number of ether oxygens (including phenoxy) is 1. The Kier molecular flexibility index (Phi) is 3.28. The summed E-state index contributed by atoms with van der Waals surface area (Å²) < 4.78 is 30.6. The van der Waals surface area contributed by atoms with Gasteiger partial charge in [-0.2, -0.15) is 8.78 Å². The van der Waals surface area contributed by atoms with Gasteiger partial charge < -0.3 is 20.7 Å².